The average molecular weight is 477 g/mol. The van der Waals surface area contributed by atoms with E-state index in [0.29, 0.717) is 6.42 Å². The third-order valence-corrected chi connectivity index (χ3v) is 5.62. The molecule has 7 heteroatoms. The quantitative estimate of drug-likeness (QED) is 0.124. The van der Waals surface area contributed by atoms with Crippen molar-refractivity contribution in [3.63, 3.8) is 0 Å². The van der Waals surface area contributed by atoms with E-state index in [1.165, 1.54) is 83.5 Å². The Balaban J connectivity index is 3.26. The first-order valence-corrected chi connectivity index (χ1v) is 13.4. The predicted octanol–water partition coefficient (Wildman–Crippen LogP) is 4.54. The molecule has 0 aliphatic carbocycles. The molecule has 0 spiro atoms. The maximum atomic E-state index is 11.7. The van der Waals surface area contributed by atoms with E-state index >= 15 is 0 Å². The first-order valence-electron chi connectivity index (χ1n) is 13.4. The fourth-order valence-corrected chi connectivity index (χ4v) is 3.59. The molecule has 3 N–H and O–H groups in total. The Hall–Kier alpha value is -0.730. The van der Waals surface area contributed by atoms with Crippen LogP contribution in [0.25, 0.3) is 0 Å². The molecule has 0 aromatic heterocycles. The minimum absolute atomic E-state index is 0.00996. The maximum Gasteiger partial charge on any atom is 0.305 e. The monoisotopic (exact) mass is 476 g/mol. The van der Waals surface area contributed by atoms with Crippen molar-refractivity contribution in [3.05, 3.63) is 0 Å². The molecular formula is C26H52O7. The lowest BCUT2D eigenvalue weighted by Crippen LogP contribution is -2.27. The van der Waals surface area contributed by atoms with Crippen molar-refractivity contribution in [2.75, 3.05) is 39.6 Å². The molecule has 2 atom stereocenters. The molecule has 0 bridgehead atoms. The van der Waals surface area contributed by atoms with Gasteiger partial charge in [0.25, 0.3) is 0 Å². The normalized spacial score (nSPS) is 13.2. The number of aliphatic hydroxyl groups excluding tert-OH is 3. The molecule has 33 heavy (non-hydrogen) atoms. The Morgan fingerprint density at radius 2 is 1.09 bits per heavy atom. The smallest absolute Gasteiger partial charge is 0.305 e. The van der Waals surface area contributed by atoms with Crippen LogP contribution >= 0.6 is 0 Å². The molecule has 0 aliphatic heterocycles. The van der Waals surface area contributed by atoms with Crippen LogP contribution in [0.3, 0.4) is 0 Å². The standard InChI is InChI=1S/C26H52O7/c1-2-3-4-5-6-7-8-9-10-11-12-13-14-15-16-17-26(30)33-19-18-31-22-25(29)23-32-21-24(28)20-27/h24-25,27-29H,2-23H2,1H3. The summed E-state index contributed by atoms with van der Waals surface area (Å²) >= 11 is 0. The van der Waals surface area contributed by atoms with Crippen molar-refractivity contribution in [2.45, 2.75) is 122 Å². The summed E-state index contributed by atoms with van der Waals surface area (Å²) < 4.78 is 15.4. The van der Waals surface area contributed by atoms with Crippen LogP contribution in [0.5, 0.6) is 0 Å². The fourth-order valence-electron chi connectivity index (χ4n) is 3.59. The van der Waals surface area contributed by atoms with Crippen LogP contribution in [-0.2, 0) is 19.0 Å². The van der Waals surface area contributed by atoms with E-state index in [-0.39, 0.29) is 45.6 Å². The van der Waals surface area contributed by atoms with Crippen molar-refractivity contribution in [1.29, 1.82) is 0 Å². The second-order valence-electron chi connectivity index (χ2n) is 9.02. The summed E-state index contributed by atoms with van der Waals surface area (Å²) in [5.74, 6) is -0.199. The van der Waals surface area contributed by atoms with Crippen LogP contribution in [0.4, 0.5) is 0 Å². The first kappa shape index (κ1) is 32.3. The summed E-state index contributed by atoms with van der Waals surface area (Å²) in [6, 6.07) is 0. The van der Waals surface area contributed by atoms with Crippen molar-refractivity contribution in [3.8, 4) is 0 Å². The van der Waals surface area contributed by atoms with Gasteiger partial charge in [-0.25, -0.2) is 0 Å². The van der Waals surface area contributed by atoms with Gasteiger partial charge in [0, 0.05) is 6.42 Å². The molecule has 0 rings (SSSR count). The Morgan fingerprint density at radius 3 is 1.61 bits per heavy atom. The summed E-state index contributed by atoms with van der Waals surface area (Å²) in [6.45, 7) is 2.32. The molecule has 0 aliphatic rings. The molecule has 0 heterocycles. The molecule has 0 fully saturated rings. The average Bonchev–Trinajstić information content (AvgIpc) is 2.81. The van der Waals surface area contributed by atoms with Crippen LogP contribution in [0.2, 0.25) is 0 Å². The number of ether oxygens (including phenoxy) is 3. The molecule has 0 saturated carbocycles. The van der Waals surface area contributed by atoms with Gasteiger partial charge < -0.3 is 29.5 Å². The second-order valence-corrected chi connectivity index (χ2v) is 9.02. The van der Waals surface area contributed by atoms with Gasteiger partial charge in [0.2, 0.25) is 0 Å². The highest BCUT2D eigenvalue weighted by Crippen LogP contribution is 2.13. The van der Waals surface area contributed by atoms with Crippen LogP contribution in [0, 0.1) is 0 Å². The largest absolute Gasteiger partial charge is 0.463 e. The third kappa shape index (κ3) is 25.7. The number of rotatable bonds is 26. The molecule has 0 aromatic rings. The minimum atomic E-state index is -0.943. The molecule has 0 radical (unpaired) electrons. The van der Waals surface area contributed by atoms with Gasteiger partial charge in [-0.3, -0.25) is 4.79 Å². The fraction of sp³-hybridized carbons (Fsp3) is 0.962. The van der Waals surface area contributed by atoms with Gasteiger partial charge in [0.15, 0.2) is 0 Å². The van der Waals surface area contributed by atoms with Gasteiger partial charge in [-0.15, -0.1) is 0 Å². The van der Waals surface area contributed by atoms with Crippen molar-refractivity contribution >= 4 is 5.97 Å². The lowest BCUT2D eigenvalue weighted by atomic mass is 10.0. The summed E-state index contributed by atoms with van der Waals surface area (Å²) in [4.78, 5) is 11.7. The van der Waals surface area contributed by atoms with Gasteiger partial charge >= 0.3 is 5.97 Å². The van der Waals surface area contributed by atoms with Gasteiger partial charge in [-0.05, 0) is 6.42 Å². The van der Waals surface area contributed by atoms with E-state index in [9.17, 15) is 9.90 Å². The van der Waals surface area contributed by atoms with Gasteiger partial charge in [-0.2, -0.15) is 0 Å². The van der Waals surface area contributed by atoms with E-state index < -0.39 is 12.2 Å². The van der Waals surface area contributed by atoms with E-state index in [2.05, 4.69) is 6.92 Å². The maximum absolute atomic E-state index is 11.7. The molecule has 2 unspecified atom stereocenters. The molecule has 7 nitrogen and oxygen atoms in total. The van der Waals surface area contributed by atoms with Crippen molar-refractivity contribution < 1.29 is 34.3 Å². The number of esters is 1. The summed E-state index contributed by atoms with van der Waals surface area (Å²) in [5.41, 5.74) is 0. The summed E-state index contributed by atoms with van der Waals surface area (Å²) in [7, 11) is 0. The SMILES string of the molecule is CCCCCCCCCCCCCCCCCC(=O)OCCOCC(O)COCC(O)CO. The van der Waals surface area contributed by atoms with Crippen molar-refractivity contribution in [1.82, 2.24) is 0 Å². The number of unbranched alkanes of at least 4 members (excludes halogenated alkanes) is 14. The number of carbonyl (C=O) groups excluding carboxylic acids is 1. The van der Waals surface area contributed by atoms with Crippen LogP contribution in [-0.4, -0.2) is 73.1 Å². The third-order valence-electron chi connectivity index (χ3n) is 5.62. The van der Waals surface area contributed by atoms with E-state index in [4.69, 9.17) is 24.4 Å². The molecule has 198 valence electrons. The number of hydrogen-bond donors (Lipinski definition) is 3. The zero-order chi connectivity index (χ0) is 24.4. The minimum Gasteiger partial charge on any atom is -0.463 e. The summed E-state index contributed by atoms with van der Waals surface area (Å²) in [5, 5.41) is 27.4. The van der Waals surface area contributed by atoms with Gasteiger partial charge in [-0.1, -0.05) is 96.8 Å². The second kappa shape index (κ2) is 25.9. The van der Waals surface area contributed by atoms with Crippen molar-refractivity contribution in [2.24, 2.45) is 0 Å². The Labute approximate surface area is 202 Å². The van der Waals surface area contributed by atoms with Crippen LogP contribution in [0.15, 0.2) is 0 Å². The summed E-state index contributed by atoms with van der Waals surface area (Å²) in [6.07, 6.45) is 18.2. The molecular weight excluding hydrogens is 424 g/mol. The van der Waals surface area contributed by atoms with E-state index in [0.717, 1.165) is 12.8 Å². The highest BCUT2D eigenvalue weighted by Gasteiger charge is 2.08. The molecule has 0 amide bonds. The van der Waals surface area contributed by atoms with Crippen LogP contribution in [0.1, 0.15) is 110 Å². The zero-order valence-electron chi connectivity index (χ0n) is 21.2. The van der Waals surface area contributed by atoms with E-state index in [1.54, 1.807) is 0 Å². The van der Waals surface area contributed by atoms with Crippen LogP contribution < -0.4 is 0 Å². The lowest BCUT2D eigenvalue weighted by molar-refractivity contribution is -0.145. The Bertz CT molecular complexity index is 406. The zero-order valence-corrected chi connectivity index (χ0v) is 21.2. The molecule has 0 aromatic carbocycles. The number of hydrogen-bond acceptors (Lipinski definition) is 7. The molecule has 0 saturated heterocycles. The Kier molecular flexibility index (Phi) is 25.3. The number of carbonyl (C=O) groups is 1. The number of aliphatic hydroxyl groups is 3. The lowest BCUT2D eigenvalue weighted by Gasteiger charge is -2.13. The predicted molar refractivity (Wildman–Crippen MR) is 131 cm³/mol. The highest BCUT2D eigenvalue weighted by molar-refractivity contribution is 5.69. The Morgan fingerprint density at radius 1 is 0.636 bits per heavy atom. The van der Waals surface area contributed by atoms with Gasteiger partial charge in [0.05, 0.1) is 33.0 Å². The van der Waals surface area contributed by atoms with Gasteiger partial charge in [0.1, 0.15) is 18.8 Å². The van der Waals surface area contributed by atoms with E-state index in [1.807, 2.05) is 0 Å². The highest BCUT2D eigenvalue weighted by atomic mass is 16.6. The first-order chi connectivity index (χ1) is 16.1. The topological polar surface area (TPSA) is 105 Å².